The number of nitrogens with zero attached hydrogens (tertiary/aromatic N) is 4. The van der Waals surface area contributed by atoms with Crippen LogP contribution in [-0.2, 0) is 21.7 Å². The minimum atomic E-state index is -0.439. The maximum absolute atomic E-state index is 9.43. The van der Waals surface area contributed by atoms with E-state index in [4.69, 9.17) is 13.8 Å². The first-order chi connectivity index (χ1) is 41.0. The molecule has 0 spiro atoms. The molecule has 398 valence electrons. The molecule has 12 aromatic rings. The van der Waals surface area contributed by atoms with Crippen LogP contribution in [0, 0.1) is 6.33 Å². The van der Waals surface area contributed by atoms with Gasteiger partial charge in [-0.25, -0.2) is 4.98 Å². The van der Waals surface area contributed by atoms with Gasteiger partial charge in [-0.1, -0.05) is 203 Å². The molecule has 0 saturated carbocycles. The fourth-order valence-electron chi connectivity index (χ4n) is 12.8. The van der Waals surface area contributed by atoms with Gasteiger partial charge in [-0.05, 0) is 173 Å². The zero-order chi connectivity index (χ0) is 60.1. The first kappa shape index (κ1) is 45.0. The summed E-state index contributed by atoms with van der Waals surface area (Å²) in [6.07, 6.45) is 7.98. The Labute approximate surface area is 483 Å². The molecular formula is C76H68N4O. The molecule has 0 amide bonds. The van der Waals surface area contributed by atoms with Crippen LogP contribution in [0.1, 0.15) is 111 Å². The summed E-state index contributed by atoms with van der Waals surface area (Å²) in [6.45, 7) is 22.9. The summed E-state index contributed by atoms with van der Waals surface area (Å²) in [5.74, 6) is 2.07. The molecule has 1 aliphatic carbocycles. The zero-order valence-corrected chi connectivity index (χ0v) is 47.9. The van der Waals surface area contributed by atoms with Crippen LogP contribution < -0.4 is 9.30 Å². The second-order valence-corrected chi connectivity index (χ2v) is 25.7. The van der Waals surface area contributed by atoms with Crippen LogP contribution in [0.3, 0.4) is 0 Å². The molecule has 3 aromatic heterocycles. The standard InChI is InChI=1S/C76H68N4O/c1-73(2,3)51-32-30-49(31-33-51)56-27-19-28-61-63-46-66-65(75(7,8)37-38-76(66,9)10)45-62(63)57-24-14-15-25-58(57)64-40-50(48-20-12-11-13-21-48)41-69-72(64)79(71(56)61)47-78(69)53-22-18-23-54(43-53)81-55-34-35-60-59-26-16-17-29-67(59)80(68(60)44-55)70-42-52(36-39-77-70)74(4,5)6/h11-36,39-46H,37-38H2,1-10H3/i11D,12D,13D,20D,21D. The predicted molar refractivity (Wildman–Crippen MR) is 336 cm³/mol. The molecule has 0 unspecified atom stereocenters. The highest BCUT2D eigenvalue weighted by Gasteiger charge is 2.39. The molecule has 5 nitrogen and oxygen atoms in total. The van der Waals surface area contributed by atoms with Gasteiger partial charge in [-0.15, -0.1) is 0 Å². The van der Waals surface area contributed by atoms with Crippen molar-refractivity contribution in [1.82, 2.24) is 14.1 Å². The van der Waals surface area contributed by atoms with Crippen molar-refractivity contribution in [3.05, 3.63) is 235 Å². The zero-order valence-electron chi connectivity index (χ0n) is 52.9. The van der Waals surface area contributed by atoms with Gasteiger partial charge in [0.15, 0.2) is 0 Å². The summed E-state index contributed by atoms with van der Waals surface area (Å²) < 4.78 is 58.8. The lowest BCUT2D eigenvalue weighted by atomic mass is 9.62. The highest BCUT2D eigenvalue weighted by Crippen LogP contribution is 2.53. The summed E-state index contributed by atoms with van der Waals surface area (Å²) in [7, 11) is 0. The number of aromatic nitrogens is 4. The summed E-state index contributed by atoms with van der Waals surface area (Å²) >= 11 is 0. The Hall–Kier alpha value is -8.80. The third-order valence-corrected chi connectivity index (χ3v) is 17.5. The van der Waals surface area contributed by atoms with Crippen molar-refractivity contribution in [2.75, 3.05) is 0 Å². The lowest BCUT2D eigenvalue weighted by Crippen LogP contribution is -2.34. The lowest BCUT2D eigenvalue weighted by Gasteiger charge is -2.42. The Balaban J connectivity index is 1.05. The molecule has 14 rings (SSSR count). The molecule has 0 bridgehead atoms. The molecule has 0 radical (unpaired) electrons. The van der Waals surface area contributed by atoms with E-state index < -0.39 is 18.1 Å². The molecule has 1 aliphatic heterocycles. The molecule has 0 fully saturated rings. The number of imidazole rings is 1. The first-order valence-corrected chi connectivity index (χ1v) is 28.4. The Morgan fingerprint density at radius 2 is 1.14 bits per heavy atom. The van der Waals surface area contributed by atoms with Gasteiger partial charge in [0.1, 0.15) is 17.3 Å². The maximum Gasteiger partial charge on any atom is 0.269 e. The van der Waals surface area contributed by atoms with Gasteiger partial charge in [0.25, 0.3) is 6.33 Å². The monoisotopic (exact) mass is 1060 g/mol. The number of fused-ring (bicyclic) bond motifs is 11. The van der Waals surface area contributed by atoms with Crippen molar-refractivity contribution in [3.8, 4) is 84.3 Å². The van der Waals surface area contributed by atoms with Crippen LogP contribution >= 0.6 is 0 Å². The molecule has 0 N–H and O–H groups in total. The quantitative estimate of drug-likeness (QED) is 0.123. The van der Waals surface area contributed by atoms with Gasteiger partial charge in [0.2, 0.25) is 0 Å². The lowest BCUT2D eigenvalue weighted by molar-refractivity contribution is -0.570. The second kappa shape index (κ2) is 18.4. The van der Waals surface area contributed by atoms with Crippen molar-refractivity contribution in [2.45, 2.75) is 104 Å². The van der Waals surface area contributed by atoms with Crippen molar-refractivity contribution < 1.29 is 16.2 Å². The second-order valence-electron chi connectivity index (χ2n) is 25.7. The van der Waals surface area contributed by atoms with Crippen LogP contribution in [0.4, 0.5) is 0 Å². The van der Waals surface area contributed by atoms with E-state index in [9.17, 15) is 2.74 Å². The van der Waals surface area contributed by atoms with Gasteiger partial charge >= 0.3 is 0 Å². The van der Waals surface area contributed by atoms with Gasteiger partial charge in [-0.2, -0.15) is 0 Å². The molecular weight excluding hydrogens is 985 g/mol. The predicted octanol–water partition coefficient (Wildman–Crippen LogP) is 19.6. The van der Waals surface area contributed by atoms with Gasteiger partial charge in [0, 0.05) is 23.0 Å². The number of rotatable bonds is 6. The normalized spacial score (nSPS) is 15.3. The Kier molecular flexibility index (Phi) is 10.2. The van der Waals surface area contributed by atoms with E-state index in [-0.39, 0.29) is 39.3 Å². The molecule has 0 atom stereocenters. The fourth-order valence-corrected chi connectivity index (χ4v) is 12.8. The van der Waals surface area contributed by atoms with E-state index in [0.717, 1.165) is 102 Å². The van der Waals surface area contributed by atoms with E-state index in [2.05, 4.69) is 212 Å². The highest BCUT2D eigenvalue weighted by molar-refractivity contribution is 6.10. The average Bonchev–Trinajstić information content (AvgIpc) is 1.47. The minimum Gasteiger partial charge on any atom is -0.458 e. The third kappa shape index (κ3) is 8.42. The van der Waals surface area contributed by atoms with Crippen molar-refractivity contribution in [3.63, 3.8) is 0 Å². The number of pyridine rings is 1. The molecule has 2 aliphatic rings. The third-order valence-electron chi connectivity index (χ3n) is 17.5. The summed E-state index contributed by atoms with van der Waals surface area (Å²) in [5, 5.41) is 2.21. The van der Waals surface area contributed by atoms with Crippen LogP contribution in [0.5, 0.6) is 11.5 Å². The number of para-hydroxylation sites is 2. The smallest absolute Gasteiger partial charge is 0.269 e. The summed E-state index contributed by atoms with van der Waals surface area (Å²) in [4.78, 5) is 4.93. The highest BCUT2D eigenvalue weighted by atomic mass is 16.5. The average molecular weight is 1060 g/mol. The Morgan fingerprint density at radius 1 is 0.506 bits per heavy atom. The maximum atomic E-state index is 9.43. The largest absolute Gasteiger partial charge is 0.458 e. The van der Waals surface area contributed by atoms with E-state index >= 15 is 0 Å². The van der Waals surface area contributed by atoms with Crippen LogP contribution in [0.2, 0.25) is 0 Å². The summed E-state index contributed by atoms with van der Waals surface area (Å²) in [5.41, 5.74) is 18.7. The van der Waals surface area contributed by atoms with Crippen molar-refractivity contribution >= 4 is 32.8 Å². The number of hydrogen-bond acceptors (Lipinski definition) is 2. The SMILES string of the molecule is [2H]c1c([2H])c([2H])c(-c2cc3c4c(c2)n(-c2cccc(Oc5ccc6c7ccccc7n(-c7cc(C(C)(C)C)ccn7)c6c5)c2)[c-][n+]4-c2c(-c4ccc(C(C)(C)C)cc4)cccc2-c2cc4c(cc2-c2ccccc2-3)C(C)(C)CCC4(C)C)c([2H])c1[2H]. The van der Waals surface area contributed by atoms with Crippen LogP contribution in [-0.4, -0.2) is 14.1 Å². The number of ether oxygens (including phenoxy) is 1. The molecule has 5 heteroatoms. The number of hydrogen-bond donors (Lipinski definition) is 0. The van der Waals surface area contributed by atoms with Crippen molar-refractivity contribution in [1.29, 1.82) is 0 Å². The first-order valence-electron chi connectivity index (χ1n) is 30.9. The van der Waals surface area contributed by atoms with Crippen LogP contribution in [0.15, 0.2) is 206 Å². The molecule has 4 heterocycles. The minimum absolute atomic E-state index is 0.0592. The van der Waals surface area contributed by atoms with Crippen LogP contribution in [0.25, 0.3) is 106 Å². The van der Waals surface area contributed by atoms with Gasteiger partial charge < -0.3 is 4.74 Å². The van der Waals surface area contributed by atoms with E-state index in [1.165, 1.54) is 22.3 Å². The molecule has 9 aromatic carbocycles. The fraction of sp³-hybridized carbons (Fsp3) is 0.211. The van der Waals surface area contributed by atoms with Gasteiger partial charge in [0.05, 0.1) is 40.3 Å². The van der Waals surface area contributed by atoms with E-state index in [1.54, 1.807) is 0 Å². The van der Waals surface area contributed by atoms with Gasteiger partial charge in [-0.3, -0.25) is 13.7 Å². The van der Waals surface area contributed by atoms with E-state index in [1.807, 2.05) is 53.2 Å². The van der Waals surface area contributed by atoms with Crippen molar-refractivity contribution in [2.24, 2.45) is 0 Å². The number of benzene rings is 9. The molecule has 0 saturated heterocycles. The topological polar surface area (TPSA) is 35.9 Å². The summed E-state index contributed by atoms with van der Waals surface area (Å²) in [6, 6.07) is 58.3. The molecule has 81 heavy (non-hydrogen) atoms. The van der Waals surface area contributed by atoms with E-state index in [0.29, 0.717) is 22.6 Å². The Bertz CT molecular complexity index is 4790. The Morgan fingerprint density at radius 3 is 1.86 bits per heavy atom.